The van der Waals surface area contributed by atoms with Crippen LogP contribution in [-0.4, -0.2) is 28.2 Å². The fourth-order valence-electron chi connectivity index (χ4n) is 2.46. The van der Waals surface area contributed by atoms with Crippen LogP contribution in [0.25, 0.3) is 0 Å². The van der Waals surface area contributed by atoms with Gasteiger partial charge in [-0.15, -0.1) is 0 Å². The first-order valence-electron chi connectivity index (χ1n) is 5.25. The summed E-state index contributed by atoms with van der Waals surface area (Å²) in [5.74, 6) is -0.0332. The van der Waals surface area contributed by atoms with Gasteiger partial charge in [0.05, 0.1) is 12.2 Å². The molecule has 15 heavy (non-hydrogen) atoms. The molecular formula is C12H16O3. The van der Waals surface area contributed by atoms with Gasteiger partial charge in [-0.25, -0.2) is 0 Å². The molecule has 2 aliphatic carbocycles. The quantitative estimate of drug-likeness (QED) is 0.619. The van der Waals surface area contributed by atoms with Crippen molar-refractivity contribution in [1.82, 2.24) is 0 Å². The summed E-state index contributed by atoms with van der Waals surface area (Å²) in [6, 6.07) is 0. The lowest BCUT2D eigenvalue weighted by Crippen LogP contribution is -2.44. The van der Waals surface area contributed by atoms with Crippen molar-refractivity contribution < 1.29 is 15.0 Å². The Morgan fingerprint density at radius 3 is 2.73 bits per heavy atom. The molecule has 4 unspecified atom stereocenters. The highest BCUT2D eigenvalue weighted by atomic mass is 16.3. The van der Waals surface area contributed by atoms with Gasteiger partial charge in [0, 0.05) is 11.3 Å². The van der Waals surface area contributed by atoms with Crippen LogP contribution in [0.5, 0.6) is 0 Å². The second-order valence-corrected chi connectivity index (χ2v) is 4.76. The normalized spacial score (nSPS) is 44.9. The van der Waals surface area contributed by atoms with Gasteiger partial charge in [-0.2, -0.15) is 0 Å². The lowest BCUT2D eigenvalue weighted by atomic mass is 9.61. The lowest BCUT2D eigenvalue weighted by Gasteiger charge is -2.43. The predicted octanol–water partition coefficient (Wildman–Crippen LogP) is 0.820. The van der Waals surface area contributed by atoms with Crippen molar-refractivity contribution >= 4 is 5.78 Å². The van der Waals surface area contributed by atoms with E-state index in [0.717, 1.165) is 5.57 Å². The highest BCUT2D eigenvalue weighted by molar-refractivity contribution is 5.94. The van der Waals surface area contributed by atoms with Crippen LogP contribution in [0, 0.1) is 11.3 Å². The van der Waals surface area contributed by atoms with Gasteiger partial charge in [0.15, 0.2) is 5.78 Å². The maximum Gasteiger partial charge on any atom is 0.159 e. The molecule has 0 bridgehead atoms. The van der Waals surface area contributed by atoms with Crippen LogP contribution < -0.4 is 0 Å². The van der Waals surface area contributed by atoms with Crippen molar-refractivity contribution in [2.75, 3.05) is 0 Å². The summed E-state index contributed by atoms with van der Waals surface area (Å²) in [6.45, 7) is 3.85. The highest BCUT2D eigenvalue weighted by Crippen LogP contribution is 2.46. The number of aliphatic hydroxyl groups excluding tert-OH is 2. The summed E-state index contributed by atoms with van der Waals surface area (Å²) >= 11 is 0. The Morgan fingerprint density at radius 2 is 2.07 bits per heavy atom. The van der Waals surface area contributed by atoms with Crippen LogP contribution in [0.4, 0.5) is 0 Å². The van der Waals surface area contributed by atoms with E-state index in [1.165, 1.54) is 0 Å². The van der Waals surface area contributed by atoms with Crippen molar-refractivity contribution in [1.29, 1.82) is 0 Å². The number of carbonyl (C=O) groups excluding carboxylic acids is 1. The molecule has 0 aromatic heterocycles. The zero-order valence-corrected chi connectivity index (χ0v) is 8.97. The number of hydrogen-bond acceptors (Lipinski definition) is 3. The molecule has 2 rings (SSSR count). The molecule has 3 heteroatoms. The van der Waals surface area contributed by atoms with Gasteiger partial charge >= 0.3 is 0 Å². The molecule has 2 N–H and O–H groups in total. The minimum absolute atomic E-state index is 0.0956. The summed E-state index contributed by atoms with van der Waals surface area (Å²) < 4.78 is 0. The predicted molar refractivity (Wildman–Crippen MR) is 56.1 cm³/mol. The largest absolute Gasteiger partial charge is 0.390 e. The standard InChI is InChI=1S/C12H16O3/c1-7-9(13)4-3-8-5-10(14)11(15)6-12(7,8)2/h3-5,7,10-11,14-15H,6H2,1-2H3. The van der Waals surface area contributed by atoms with Crippen molar-refractivity contribution in [2.24, 2.45) is 11.3 Å². The smallest absolute Gasteiger partial charge is 0.159 e. The zero-order chi connectivity index (χ0) is 11.2. The van der Waals surface area contributed by atoms with E-state index >= 15 is 0 Å². The Kier molecular flexibility index (Phi) is 2.32. The first-order valence-corrected chi connectivity index (χ1v) is 5.25. The average Bonchev–Trinajstić information content (AvgIpc) is 2.18. The maximum atomic E-state index is 11.6. The number of aliphatic hydroxyl groups is 2. The van der Waals surface area contributed by atoms with Gasteiger partial charge in [-0.05, 0) is 24.1 Å². The number of fused-ring (bicyclic) bond motifs is 1. The minimum atomic E-state index is -0.807. The molecule has 0 amide bonds. The van der Waals surface area contributed by atoms with Crippen molar-refractivity contribution in [3.63, 3.8) is 0 Å². The molecule has 4 atom stereocenters. The first-order chi connectivity index (χ1) is 6.95. The van der Waals surface area contributed by atoms with Gasteiger partial charge in [0.2, 0.25) is 0 Å². The molecular weight excluding hydrogens is 192 g/mol. The van der Waals surface area contributed by atoms with Crippen LogP contribution in [0.15, 0.2) is 23.8 Å². The minimum Gasteiger partial charge on any atom is -0.390 e. The second-order valence-electron chi connectivity index (χ2n) is 4.76. The van der Waals surface area contributed by atoms with Gasteiger partial charge in [-0.1, -0.05) is 19.9 Å². The first kappa shape index (κ1) is 10.6. The maximum absolute atomic E-state index is 11.6. The molecule has 0 saturated carbocycles. The molecule has 82 valence electrons. The van der Waals surface area contributed by atoms with Crippen LogP contribution in [-0.2, 0) is 4.79 Å². The molecule has 0 fully saturated rings. The topological polar surface area (TPSA) is 57.5 Å². The molecule has 0 spiro atoms. The number of allylic oxidation sites excluding steroid dienone is 3. The third-order valence-electron chi connectivity index (χ3n) is 3.85. The highest BCUT2D eigenvalue weighted by Gasteiger charge is 2.44. The van der Waals surface area contributed by atoms with Gasteiger partial charge in [0.25, 0.3) is 0 Å². The average molecular weight is 208 g/mol. The van der Waals surface area contributed by atoms with Crippen LogP contribution in [0.1, 0.15) is 20.3 Å². The van der Waals surface area contributed by atoms with E-state index in [0.29, 0.717) is 6.42 Å². The van der Waals surface area contributed by atoms with Crippen molar-refractivity contribution in [3.8, 4) is 0 Å². The van der Waals surface area contributed by atoms with E-state index in [1.807, 2.05) is 13.8 Å². The summed E-state index contributed by atoms with van der Waals surface area (Å²) in [6.07, 6.45) is 3.85. The Labute approximate surface area is 89.1 Å². The fourth-order valence-corrected chi connectivity index (χ4v) is 2.46. The van der Waals surface area contributed by atoms with E-state index in [-0.39, 0.29) is 17.1 Å². The van der Waals surface area contributed by atoms with Gasteiger partial charge in [-0.3, -0.25) is 4.79 Å². The summed E-state index contributed by atoms with van der Waals surface area (Å²) in [4.78, 5) is 11.6. The van der Waals surface area contributed by atoms with Crippen molar-refractivity contribution in [3.05, 3.63) is 23.8 Å². The van der Waals surface area contributed by atoms with Crippen LogP contribution in [0.3, 0.4) is 0 Å². The summed E-state index contributed by atoms with van der Waals surface area (Å²) in [5.41, 5.74) is 0.636. The molecule has 0 aromatic carbocycles. The van der Waals surface area contributed by atoms with Crippen molar-refractivity contribution in [2.45, 2.75) is 32.5 Å². The Hall–Kier alpha value is -0.930. The fraction of sp³-hybridized carbons (Fsp3) is 0.583. The Balaban J connectivity index is 2.47. The molecule has 0 aromatic rings. The number of hydrogen-bond donors (Lipinski definition) is 2. The van der Waals surface area contributed by atoms with Gasteiger partial charge in [0.1, 0.15) is 0 Å². The monoisotopic (exact) mass is 208 g/mol. The molecule has 0 saturated heterocycles. The second kappa shape index (κ2) is 3.29. The van der Waals surface area contributed by atoms with Crippen LogP contribution in [0.2, 0.25) is 0 Å². The van der Waals surface area contributed by atoms with E-state index in [9.17, 15) is 15.0 Å². The lowest BCUT2D eigenvalue weighted by molar-refractivity contribution is -0.122. The van der Waals surface area contributed by atoms with E-state index in [4.69, 9.17) is 0 Å². The third-order valence-corrected chi connectivity index (χ3v) is 3.85. The Morgan fingerprint density at radius 1 is 1.40 bits per heavy atom. The molecule has 2 aliphatic rings. The number of carbonyl (C=O) groups is 1. The SMILES string of the molecule is CC1C(=O)C=CC2=CC(O)C(O)CC21C. The zero-order valence-electron chi connectivity index (χ0n) is 8.97. The van der Waals surface area contributed by atoms with E-state index in [1.54, 1.807) is 18.2 Å². The number of ketones is 1. The van der Waals surface area contributed by atoms with E-state index in [2.05, 4.69) is 0 Å². The third kappa shape index (κ3) is 1.46. The summed E-state index contributed by atoms with van der Waals surface area (Å²) in [5, 5.41) is 19.2. The molecule has 0 heterocycles. The Bertz CT molecular complexity index is 356. The van der Waals surface area contributed by atoms with E-state index < -0.39 is 12.2 Å². The molecule has 3 nitrogen and oxygen atoms in total. The molecule has 0 radical (unpaired) electrons. The summed E-state index contributed by atoms with van der Waals surface area (Å²) in [7, 11) is 0. The number of rotatable bonds is 0. The molecule has 0 aliphatic heterocycles. The van der Waals surface area contributed by atoms with Crippen LogP contribution >= 0.6 is 0 Å². The van der Waals surface area contributed by atoms with Gasteiger partial charge < -0.3 is 10.2 Å².